The Morgan fingerprint density at radius 1 is 1.43 bits per heavy atom. The van der Waals surface area contributed by atoms with Crippen molar-refractivity contribution in [3.8, 4) is 11.5 Å². The van der Waals surface area contributed by atoms with Gasteiger partial charge in [0.15, 0.2) is 11.5 Å². The first-order valence-corrected chi connectivity index (χ1v) is 8.52. The Labute approximate surface area is 139 Å². The number of benzene rings is 1. The molecule has 0 unspecified atom stereocenters. The standard InChI is InChI=1S/C17H20N2O3S/c1-22-15-9-11(5-6-14(15)20)10-18-17(21)19-13-3-2-4-16-12(13)7-8-23-16/h5-9,13,20H,2-4,10H2,1H3,(H2,18,19,21)/t13-/m1/s1. The number of hydrogen-bond donors (Lipinski definition) is 3. The van der Waals surface area contributed by atoms with Crippen molar-refractivity contribution in [3.63, 3.8) is 0 Å². The van der Waals surface area contributed by atoms with Gasteiger partial charge in [0.25, 0.3) is 0 Å². The van der Waals surface area contributed by atoms with Gasteiger partial charge in [0.1, 0.15) is 0 Å². The zero-order chi connectivity index (χ0) is 16.2. The number of fused-ring (bicyclic) bond motifs is 1. The number of amides is 2. The molecule has 0 aliphatic heterocycles. The molecule has 5 nitrogen and oxygen atoms in total. The quantitative estimate of drug-likeness (QED) is 0.804. The van der Waals surface area contributed by atoms with Crippen LogP contribution in [0.15, 0.2) is 29.6 Å². The first-order chi connectivity index (χ1) is 11.2. The van der Waals surface area contributed by atoms with Crippen LogP contribution in [0.5, 0.6) is 11.5 Å². The number of carbonyl (C=O) groups excluding carboxylic acids is 1. The highest BCUT2D eigenvalue weighted by molar-refractivity contribution is 7.10. The van der Waals surface area contributed by atoms with Gasteiger partial charge in [-0.3, -0.25) is 0 Å². The number of hydrogen-bond acceptors (Lipinski definition) is 4. The fourth-order valence-electron chi connectivity index (χ4n) is 2.86. The fourth-order valence-corrected chi connectivity index (χ4v) is 3.85. The summed E-state index contributed by atoms with van der Waals surface area (Å²) in [5, 5.41) is 17.6. The van der Waals surface area contributed by atoms with Crippen molar-refractivity contribution in [1.82, 2.24) is 10.6 Å². The molecule has 1 aromatic carbocycles. The topological polar surface area (TPSA) is 70.6 Å². The molecule has 6 heteroatoms. The number of aryl methyl sites for hydroxylation is 1. The monoisotopic (exact) mass is 332 g/mol. The maximum Gasteiger partial charge on any atom is 0.315 e. The molecule has 1 atom stereocenters. The normalized spacial score (nSPS) is 16.5. The van der Waals surface area contributed by atoms with Crippen molar-refractivity contribution in [2.75, 3.05) is 7.11 Å². The maximum absolute atomic E-state index is 12.1. The van der Waals surface area contributed by atoms with Gasteiger partial charge in [0.2, 0.25) is 0 Å². The van der Waals surface area contributed by atoms with E-state index in [1.807, 2.05) is 0 Å². The molecule has 0 saturated carbocycles. The van der Waals surface area contributed by atoms with Gasteiger partial charge >= 0.3 is 6.03 Å². The minimum atomic E-state index is -0.180. The van der Waals surface area contributed by atoms with Crippen LogP contribution in [0.3, 0.4) is 0 Å². The van der Waals surface area contributed by atoms with Gasteiger partial charge in [0.05, 0.1) is 13.2 Å². The summed E-state index contributed by atoms with van der Waals surface area (Å²) >= 11 is 1.76. The summed E-state index contributed by atoms with van der Waals surface area (Å²) in [6, 6.07) is 7.06. The van der Waals surface area contributed by atoms with Gasteiger partial charge in [-0.25, -0.2) is 4.79 Å². The summed E-state index contributed by atoms with van der Waals surface area (Å²) in [4.78, 5) is 13.5. The Hall–Kier alpha value is -2.21. The van der Waals surface area contributed by atoms with Crippen LogP contribution in [0.2, 0.25) is 0 Å². The second kappa shape index (κ2) is 6.91. The number of phenolic OH excluding ortho intramolecular Hbond substituents is 1. The predicted molar refractivity (Wildman–Crippen MR) is 90.0 cm³/mol. The van der Waals surface area contributed by atoms with Gasteiger partial charge in [0, 0.05) is 11.4 Å². The van der Waals surface area contributed by atoms with Crippen LogP contribution in [0.4, 0.5) is 4.79 Å². The number of rotatable bonds is 4. The molecule has 3 N–H and O–H groups in total. The Morgan fingerprint density at radius 2 is 2.30 bits per heavy atom. The van der Waals surface area contributed by atoms with E-state index in [1.165, 1.54) is 17.6 Å². The number of methoxy groups -OCH3 is 1. The SMILES string of the molecule is COc1cc(CNC(=O)N[C@@H]2CCCc3sccc32)ccc1O. The molecule has 0 fully saturated rings. The van der Waals surface area contributed by atoms with Crippen molar-refractivity contribution >= 4 is 17.4 Å². The van der Waals surface area contributed by atoms with Gasteiger partial charge in [-0.05, 0) is 54.0 Å². The smallest absolute Gasteiger partial charge is 0.315 e. The lowest BCUT2D eigenvalue weighted by Gasteiger charge is -2.23. The third-order valence-corrected chi connectivity index (χ3v) is 5.05. The fraction of sp³-hybridized carbons (Fsp3) is 0.353. The molecule has 0 saturated heterocycles. The number of nitrogens with one attached hydrogen (secondary N) is 2. The van der Waals surface area contributed by atoms with Crippen LogP contribution in [-0.4, -0.2) is 18.2 Å². The van der Waals surface area contributed by atoms with Crippen molar-refractivity contribution < 1.29 is 14.6 Å². The molecule has 1 aliphatic rings. The molecular weight excluding hydrogens is 312 g/mol. The summed E-state index contributed by atoms with van der Waals surface area (Å²) in [6.45, 7) is 0.381. The van der Waals surface area contributed by atoms with E-state index in [0.717, 1.165) is 24.8 Å². The van der Waals surface area contributed by atoms with Crippen molar-refractivity contribution in [2.24, 2.45) is 0 Å². The van der Waals surface area contributed by atoms with E-state index < -0.39 is 0 Å². The van der Waals surface area contributed by atoms with Gasteiger partial charge in [-0.2, -0.15) is 0 Å². The summed E-state index contributed by atoms with van der Waals surface area (Å²) in [7, 11) is 1.50. The minimum absolute atomic E-state index is 0.0906. The van der Waals surface area contributed by atoms with Gasteiger partial charge < -0.3 is 20.5 Å². The zero-order valence-corrected chi connectivity index (χ0v) is 13.8. The second-order valence-electron chi connectivity index (χ2n) is 5.58. The van der Waals surface area contributed by atoms with Gasteiger partial charge in [-0.15, -0.1) is 11.3 Å². The highest BCUT2D eigenvalue weighted by Gasteiger charge is 2.22. The average Bonchev–Trinajstić information content (AvgIpc) is 3.04. The number of ether oxygens (including phenoxy) is 1. The summed E-state index contributed by atoms with van der Waals surface area (Å²) in [6.07, 6.45) is 3.19. The Balaban J connectivity index is 1.57. The van der Waals surface area contributed by atoms with Gasteiger partial charge in [-0.1, -0.05) is 6.07 Å². The van der Waals surface area contributed by atoms with E-state index in [4.69, 9.17) is 4.74 Å². The van der Waals surface area contributed by atoms with E-state index in [2.05, 4.69) is 22.1 Å². The van der Waals surface area contributed by atoms with Crippen molar-refractivity contribution in [1.29, 1.82) is 0 Å². The molecule has 0 radical (unpaired) electrons. The Morgan fingerprint density at radius 3 is 3.13 bits per heavy atom. The third-order valence-electron chi connectivity index (χ3n) is 4.05. The number of phenols is 1. The highest BCUT2D eigenvalue weighted by Crippen LogP contribution is 2.33. The van der Waals surface area contributed by atoms with Crippen LogP contribution < -0.4 is 15.4 Å². The maximum atomic E-state index is 12.1. The summed E-state index contributed by atoms with van der Waals surface area (Å²) in [5.41, 5.74) is 2.12. The molecule has 2 aromatic rings. The third kappa shape index (κ3) is 3.59. The number of carbonyl (C=O) groups is 1. The summed E-state index contributed by atoms with van der Waals surface area (Å²) < 4.78 is 5.07. The molecule has 23 heavy (non-hydrogen) atoms. The zero-order valence-electron chi connectivity index (χ0n) is 13.0. The van der Waals surface area contributed by atoms with E-state index in [0.29, 0.717) is 12.3 Å². The molecule has 122 valence electrons. The number of urea groups is 1. The molecule has 1 heterocycles. The molecule has 1 aliphatic carbocycles. The second-order valence-corrected chi connectivity index (χ2v) is 6.58. The van der Waals surface area contributed by atoms with Crippen LogP contribution in [-0.2, 0) is 13.0 Å². The van der Waals surface area contributed by atoms with E-state index in [9.17, 15) is 9.90 Å². The van der Waals surface area contributed by atoms with Crippen LogP contribution in [0, 0.1) is 0 Å². The van der Waals surface area contributed by atoms with E-state index >= 15 is 0 Å². The van der Waals surface area contributed by atoms with Crippen LogP contribution in [0.1, 0.15) is 34.9 Å². The molecule has 3 rings (SSSR count). The van der Waals surface area contributed by atoms with E-state index in [-0.39, 0.29) is 17.8 Å². The lowest BCUT2D eigenvalue weighted by Crippen LogP contribution is -2.38. The van der Waals surface area contributed by atoms with E-state index in [1.54, 1.807) is 29.5 Å². The Kier molecular flexibility index (Phi) is 4.71. The molecule has 2 amide bonds. The average molecular weight is 332 g/mol. The number of aromatic hydroxyl groups is 1. The molecular formula is C17H20N2O3S. The molecule has 1 aromatic heterocycles. The number of thiophene rings is 1. The largest absolute Gasteiger partial charge is 0.504 e. The van der Waals surface area contributed by atoms with Crippen molar-refractivity contribution in [2.45, 2.75) is 31.8 Å². The first kappa shape index (κ1) is 15.7. The Bertz CT molecular complexity index is 699. The minimum Gasteiger partial charge on any atom is -0.504 e. The van der Waals surface area contributed by atoms with Crippen LogP contribution >= 0.6 is 11.3 Å². The van der Waals surface area contributed by atoms with Crippen molar-refractivity contribution in [3.05, 3.63) is 45.6 Å². The summed E-state index contributed by atoms with van der Waals surface area (Å²) in [5.74, 6) is 0.493. The molecule has 0 bridgehead atoms. The lowest BCUT2D eigenvalue weighted by molar-refractivity contribution is 0.235. The van der Waals surface area contributed by atoms with Crippen LogP contribution in [0.25, 0.3) is 0 Å². The molecule has 0 spiro atoms. The first-order valence-electron chi connectivity index (χ1n) is 7.64. The highest BCUT2D eigenvalue weighted by atomic mass is 32.1. The lowest BCUT2D eigenvalue weighted by atomic mass is 9.94. The predicted octanol–water partition coefficient (Wildman–Crippen LogP) is 3.34.